The highest BCUT2D eigenvalue weighted by molar-refractivity contribution is 9.10. The van der Waals surface area contributed by atoms with E-state index in [9.17, 15) is 9.18 Å². The number of hydrogen-bond acceptors (Lipinski definition) is 3. The lowest BCUT2D eigenvalue weighted by Gasteiger charge is -2.12. The van der Waals surface area contributed by atoms with E-state index in [0.717, 1.165) is 5.01 Å². The maximum absolute atomic E-state index is 12.9. The Kier molecular flexibility index (Phi) is 4.08. The molecule has 2 rings (SSSR count). The zero-order valence-electron chi connectivity index (χ0n) is 9.48. The summed E-state index contributed by atoms with van der Waals surface area (Å²) in [5.41, 5.74) is 0.403. The van der Waals surface area contributed by atoms with E-state index in [1.165, 1.54) is 29.5 Å². The summed E-state index contributed by atoms with van der Waals surface area (Å²) in [4.78, 5) is 16.1. The number of hydrogen-bond donors (Lipinski definition) is 1. The normalized spacial score (nSPS) is 12.2. The molecule has 0 saturated carbocycles. The maximum atomic E-state index is 12.9. The third-order valence-electron chi connectivity index (χ3n) is 2.35. The molecule has 0 aliphatic rings. The maximum Gasteiger partial charge on any atom is 0.252 e. The van der Waals surface area contributed by atoms with Gasteiger partial charge in [0.05, 0.1) is 11.6 Å². The van der Waals surface area contributed by atoms with Crippen LogP contribution in [0.5, 0.6) is 0 Å². The number of carbonyl (C=O) groups excluding carboxylic acids is 1. The number of nitrogens with one attached hydrogen (secondary N) is 1. The van der Waals surface area contributed by atoms with E-state index < -0.39 is 0 Å². The molecule has 1 amide bonds. The van der Waals surface area contributed by atoms with Gasteiger partial charge in [0.15, 0.2) is 0 Å². The Morgan fingerprint density at radius 1 is 1.56 bits per heavy atom. The number of amides is 1. The van der Waals surface area contributed by atoms with Crippen molar-refractivity contribution in [1.29, 1.82) is 0 Å². The number of carbonyl (C=O) groups is 1. The summed E-state index contributed by atoms with van der Waals surface area (Å²) in [6.45, 7) is 1.86. The third-order valence-corrected chi connectivity index (χ3v) is 3.96. The topological polar surface area (TPSA) is 42.0 Å². The molecule has 0 radical (unpaired) electrons. The highest BCUT2D eigenvalue weighted by Crippen LogP contribution is 2.20. The second-order valence-electron chi connectivity index (χ2n) is 3.69. The smallest absolute Gasteiger partial charge is 0.252 e. The second kappa shape index (κ2) is 5.58. The van der Waals surface area contributed by atoms with Gasteiger partial charge in [-0.25, -0.2) is 9.37 Å². The minimum absolute atomic E-state index is 0.172. The van der Waals surface area contributed by atoms with Crippen molar-refractivity contribution >= 4 is 33.2 Å². The molecule has 0 fully saturated rings. The van der Waals surface area contributed by atoms with E-state index in [1.54, 1.807) is 6.20 Å². The molecule has 0 aliphatic carbocycles. The van der Waals surface area contributed by atoms with Crippen molar-refractivity contribution in [2.45, 2.75) is 13.0 Å². The predicted octanol–water partition coefficient (Wildman–Crippen LogP) is 3.54. The highest BCUT2D eigenvalue weighted by atomic mass is 79.9. The lowest BCUT2D eigenvalue weighted by atomic mass is 10.2. The Hall–Kier alpha value is -1.27. The first kappa shape index (κ1) is 13.2. The van der Waals surface area contributed by atoms with Crippen molar-refractivity contribution in [2.24, 2.45) is 0 Å². The zero-order valence-corrected chi connectivity index (χ0v) is 11.9. The van der Waals surface area contributed by atoms with E-state index in [0.29, 0.717) is 10.0 Å². The fraction of sp³-hybridized carbons (Fsp3) is 0.167. The van der Waals surface area contributed by atoms with Crippen LogP contribution < -0.4 is 5.32 Å². The van der Waals surface area contributed by atoms with Crippen LogP contribution in [0, 0.1) is 5.82 Å². The van der Waals surface area contributed by atoms with Crippen LogP contribution >= 0.6 is 27.3 Å². The van der Waals surface area contributed by atoms with Crippen LogP contribution in [0.25, 0.3) is 0 Å². The van der Waals surface area contributed by atoms with Crippen LogP contribution in [0.4, 0.5) is 4.39 Å². The standard InChI is InChI=1S/C12H10BrFN2OS/c1-7(12-15-4-5-18-12)16-11(17)9-3-2-8(14)6-10(9)13/h2-7H,1H3,(H,16,17). The number of rotatable bonds is 3. The Morgan fingerprint density at radius 2 is 2.33 bits per heavy atom. The van der Waals surface area contributed by atoms with Gasteiger partial charge in [0, 0.05) is 16.0 Å². The fourth-order valence-corrected chi connectivity index (χ4v) is 2.63. The summed E-state index contributed by atoms with van der Waals surface area (Å²) < 4.78 is 13.4. The minimum atomic E-state index is -0.383. The van der Waals surface area contributed by atoms with E-state index in [2.05, 4.69) is 26.2 Å². The van der Waals surface area contributed by atoms with Crippen LogP contribution in [0.3, 0.4) is 0 Å². The summed E-state index contributed by atoms with van der Waals surface area (Å²) in [7, 11) is 0. The minimum Gasteiger partial charge on any atom is -0.343 e. The van der Waals surface area contributed by atoms with Gasteiger partial charge in [0.25, 0.3) is 5.91 Å². The molecular weight excluding hydrogens is 319 g/mol. The van der Waals surface area contributed by atoms with Gasteiger partial charge < -0.3 is 5.32 Å². The molecule has 1 aromatic carbocycles. The van der Waals surface area contributed by atoms with Gasteiger partial charge in [-0.15, -0.1) is 11.3 Å². The largest absolute Gasteiger partial charge is 0.343 e. The van der Waals surface area contributed by atoms with Crippen molar-refractivity contribution in [3.8, 4) is 0 Å². The van der Waals surface area contributed by atoms with Crippen LogP contribution in [-0.2, 0) is 0 Å². The SMILES string of the molecule is CC(NC(=O)c1ccc(F)cc1Br)c1nccs1. The Morgan fingerprint density at radius 3 is 2.94 bits per heavy atom. The van der Waals surface area contributed by atoms with Gasteiger partial charge in [-0.2, -0.15) is 0 Å². The van der Waals surface area contributed by atoms with E-state index in [4.69, 9.17) is 0 Å². The molecule has 1 aromatic heterocycles. The predicted molar refractivity (Wildman–Crippen MR) is 72.1 cm³/mol. The number of nitrogens with zero attached hydrogens (tertiary/aromatic N) is 1. The molecule has 0 spiro atoms. The molecule has 3 nitrogen and oxygen atoms in total. The molecule has 0 saturated heterocycles. The van der Waals surface area contributed by atoms with Gasteiger partial charge in [-0.1, -0.05) is 0 Å². The van der Waals surface area contributed by atoms with E-state index >= 15 is 0 Å². The molecule has 2 aromatic rings. The van der Waals surface area contributed by atoms with Crippen molar-refractivity contribution in [1.82, 2.24) is 10.3 Å². The van der Waals surface area contributed by atoms with Crippen molar-refractivity contribution < 1.29 is 9.18 Å². The van der Waals surface area contributed by atoms with Crippen molar-refractivity contribution in [2.75, 3.05) is 0 Å². The number of benzene rings is 1. The number of halogens is 2. The van der Waals surface area contributed by atoms with Gasteiger partial charge >= 0.3 is 0 Å². The quantitative estimate of drug-likeness (QED) is 0.936. The van der Waals surface area contributed by atoms with E-state index in [-0.39, 0.29) is 17.8 Å². The Bertz CT molecular complexity index is 559. The molecule has 18 heavy (non-hydrogen) atoms. The molecule has 1 N–H and O–H groups in total. The first-order chi connectivity index (χ1) is 8.58. The zero-order chi connectivity index (χ0) is 13.1. The second-order valence-corrected chi connectivity index (χ2v) is 5.47. The summed E-state index contributed by atoms with van der Waals surface area (Å²) >= 11 is 4.65. The molecular formula is C12H10BrFN2OS. The van der Waals surface area contributed by atoms with Crippen LogP contribution in [0.2, 0.25) is 0 Å². The van der Waals surface area contributed by atoms with Gasteiger partial charge in [0.1, 0.15) is 10.8 Å². The van der Waals surface area contributed by atoms with Crippen molar-refractivity contribution in [3.63, 3.8) is 0 Å². The lowest BCUT2D eigenvalue weighted by molar-refractivity contribution is 0.0939. The van der Waals surface area contributed by atoms with Crippen molar-refractivity contribution in [3.05, 3.63) is 50.6 Å². The first-order valence-corrected chi connectivity index (χ1v) is 6.90. The first-order valence-electron chi connectivity index (χ1n) is 5.23. The molecule has 1 unspecified atom stereocenters. The van der Waals surface area contributed by atoms with Crippen LogP contribution in [-0.4, -0.2) is 10.9 Å². The van der Waals surface area contributed by atoms with Crippen LogP contribution in [0.15, 0.2) is 34.2 Å². The molecule has 6 heteroatoms. The fourth-order valence-electron chi connectivity index (χ4n) is 1.46. The summed E-state index contributed by atoms with van der Waals surface area (Å²) in [6, 6.07) is 3.80. The molecule has 0 bridgehead atoms. The molecule has 1 heterocycles. The monoisotopic (exact) mass is 328 g/mol. The average molecular weight is 329 g/mol. The summed E-state index contributed by atoms with van der Waals surface area (Å²) in [5.74, 6) is -0.643. The number of aromatic nitrogens is 1. The Balaban J connectivity index is 2.12. The average Bonchev–Trinajstić information content (AvgIpc) is 2.81. The lowest BCUT2D eigenvalue weighted by Crippen LogP contribution is -2.26. The molecule has 1 atom stereocenters. The highest BCUT2D eigenvalue weighted by Gasteiger charge is 2.15. The Labute approximate surface area is 116 Å². The molecule has 0 aliphatic heterocycles. The van der Waals surface area contributed by atoms with Gasteiger partial charge in [-0.3, -0.25) is 4.79 Å². The van der Waals surface area contributed by atoms with Gasteiger partial charge in [0.2, 0.25) is 0 Å². The molecule has 94 valence electrons. The summed E-state index contributed by atoms with van der Waals surface area (Å²) in [6.07, 6.45) is 1.69. The van der Waals surface area contributed by atoms with Crippen LogP contribution in [0.1, 0.15) is 28.3 Å². The summed E-state index contributed by atoms with van der Waals surface area (Å²) in [5, 5.41) is 5.50. The van der Waals surface area contributed by atoms with Gasteiger partial charge in [-0.05, 0) is 41.1 Å². The third kappa shape index (κ3) is 2.94. The number of thiazole rings is 1. The van der Waals surface area contributed by atoms with E-state index in [1.807, 2.05) is 12.3 Å².